The summed E-state index contributed by atoms with van der Waals surface area (Å²) in [6.07, 6.45) is 5.36. The van der Waals surface area contributed by atoms with Crippen LogP contribution in [0.3, 0.4) is 0 Å². The molecule has 2 fully saturated rings. The molecule has 2 saturated carbocycles. The van der Waals surface area contributed by atoms with Crippen molar-refractivity contribution in [2.24, 2.45) is 23.7 Å². The maximum Gasteiger partial charge on any atom is 0.264 e. The second-order valence-corrected chi connectivity index (χ2v) is 6.26. The predicted molar refractivity (Wildman–Crippen MR) is 52.4 cm³/mol. The molecule has 15 heavy (non-hydrogen) atoms. The topological polar surface area (TPSA) is 60.4 Å². The Kier molecular flexibility index (Phi) is 1.72. The second kappa shape index (κ2) is 2.71. The van der Waals surface area contributed by atoms with Crippen LogP contribution in [0.15, 0.2) is 12.2 Å². The summed E-state index contributed by atoms with van der Waals surface area (Å²) >= 11 is 0. The van der Waals surface area contributed by atoms with Crippen molar-refractivity contribution in [1.82, 2.24) is 0 Å². The van der Waals surface area contributed by atoms with Crippen molar-refractivity contribution >= 4 is 15.9 Å². The fourth-order valence-corrected chi connectivity index (χ4v) is 3.97. The van der Waals surface area contributed by atoms with Crippen LogP contribution in [0.1, 0.15) is 6.42 Å². The summed E-state index contributed by atoms with van der Waals surface area (Å²) in [6.45, 7) is 0. The maximum absolute atomic E-state index is 11.8. The highest BCUT2D eigenvalue weighted by Crippen LogP contribution is 2.55. The van der Waals surface area contributed by atoms with E-state index in [1.807, 2.05) is 12.2 Å². The Morgan fingerprint density at radius 3 is 2.80 bits per heavy atom. The van der Waals surface area contributed by atoms with E-state index in [1.165, 1.54) is 0 Å². The van der Waals surface area contributed by atoms with Gasteiger partial charge in [0.2, 0.25) is 0 Å². The van der Waals surface area contributed by atoms with Crippen molar-refractivity contribution in [3.63, 3.8) is 0 Å². The van der Waals surface area contributed by atoms with Gasteiger partial charge in [-0.15, -0.1) is 0 Å². The minimum Gasteiger partial charge on any atom is -0.299 e. The summed E-state index contributed by atoms with van der Waals surface area (Å²) in [7, 11) is -3.46. The number of hydrogen-bond acceptors (Lipinski definition) is 4. The van der Waals surface area contributed by atoms with E-state index in [0.717, 1.165) is 12.7 Å². The molecule has 0 unspecified atom stereocenters. The Bertz CT molecular complexity index is 450. The van der Waals surface area contributed by atoms with Gasteiger partial charge in [-0.3, -0.25) is 8.98 Å². The molecule has 3 aliphatic carbocycles. The number of carbonyl (C=O) groups excluding carboxylic acids is 1. The zero-order valence-electron chi connectivity index (χ0n) is 8.29. The minimum absolute atomic E-state index is 0.0808. The third kappa shape index (κ3) is 1.23. The number of allylic oxidation sites excluding steroid dienone is 2. The van der Waals surface area contributed by atoms with Crippen molar-refractivity contribution in [3.05, 3.63) is 12.2 Å². The first kappa shape index (κ1) is 9.54. The molecule has 0 aliphatic heterocycles. The molecular weight excluding hydrogens is 216 g/mol. The molecule has 0 amide bonds. The number of Topliss-reactive ketones (excluding diaryl/α,β-unsaturated/α-hetero) is 1. The Hall–Kier alpha value is -0.680. The second-order valence-electron chi connectivity index (χ2n) is 4.66. The van der Waals surface area contributed by atoms with Crippen LogP contribution < -0.4 is 0 Å². The van der Waals surface area contributed by atoms with Gasteiger partial charge in [0.05, 0.1) is 12.4 Å². The van der Waals surface area contributed by atoms with Crippen molar-refractivity contribution < 1.29 is 17.4 Å². The average Bonchev–Trinajstić information content (AvgIpc) is 2.65. The number of carbonyl (C=O) groups is 1. The van der Waals surface area contributed by atoms with Gasteiger partial charge in [-0.1, -0.05) is 12.2 Å². The summed E-state index contributed by atoms with van der Waals surface area (Å²) in [4.78, 5) is 11.8. The molecule has 0 N–H and O–H groups in total. The molecule has 0 radical (unpaired) electrons. The van der Waals surface area contributed by atoms with Gasteiger partial charge in [0.1, 0.15) is 5.78 Å². The van der Waals surface area contributed by atoms with E-state index in [-0.39, 0.29) is 23.5 Å². The molecule has 2 bridgehead atoms. The van der Waals surface area contributed by atoms with E-state index in [2.05, 4.69) is 0 Å². The molecule has 82 valence electrons. The third-order valence-corrected chi connectivity index (χ3v) is 4.33. The van der Waals surface area contributed by atoms with Gasteiger partial charge >= 0.3 is 0 Å². The van der Waals surface area contributed by atoms with Crippen molar-refractivity contribution in [2.45, 2.75) is 12.5 Å². The van der Waals surface area contributed by atoms with E-state index >= 15 is 0 Å². The van der Waals surface area contributed by atoms with Crippen LogP contribution in [0.25, 0.3) is 0 Å². The minimum atomic E-state index is -3.46. The van der Waals surface area contributed by atoms with Crippen LogP contribution in [0.5, 0.6) is 0 Å². The quantitative estimate of drug-likeness (QED) is 0.505. The first-order chi connectivity index (χ1) is 6.97. The van der Waals surface area contributed by atoms with Gasteiger partial charge in [0.15, 0.2) is 0 Å². The average molecular weight is 228 g/mol. The zero-order chi connectivity index (χ0) is 10.8. The molecule has 0 saturated heterocycles. The lowest BCUT2D eigenvalue weighted by Gasteiger charge is -2.17. The zero-order valence-corrected chi connectivity index (χ0v) is 9.11. The Balaban J connectivity index is 1.93. The molecule has 3 rings (SSSR count). The molecular formula is C10H12O4S. The molecule has 5 heteroatoms. The van der Waals surface area contributed by atoms with Gasteiger partial charge in [-0.2, -0.15) is 8.42 Å². The van der Waals surface area contributed by atoms with Crippen molar-refractivity contribution in [1.29, 1.82) is 0 Å². The molecule has 0 aromatic carbocycles. The van der Waals surface area contributed by atoms with Crippen molar-refractivity contribution in [3.8, 4) is 0 Å². The van der Waals surface area contributed by atoms with E-state index < -0.39 is 16.2 Å². The number of ketones is 1. The fraction of sp³-hybridized carbons (Fsp3) is 0.700. The molecule has 0 aromatic heterocycles. The van der Waals surface area contributed by atoms with Crippen LogP contribution in [-0.2, 0) is 19.1 Å². The van der Waals surface area contributed by atoms with Crippen LogP contribution in [0.2, 0.25) is 0 Å². The van der Waals surface area contributed by atoms with E-state index in [1.54, 1.807) is 0 Å². The molecule has 0 aromatic rings. The van der Waals surface area contributed by atoms with Gasteiger partial charge in [0.25, 0.3) is 10.1 Å². The number of fused-ring (bicyclic) bond motifs is 1. The summed E-state index contributed by atoms with van der Waals surface area (Å²) < 4.78 is 27.2. The van der Waals surface area contributed by atoms with Gasteiger partial charge in [-0.05, 0) is 12.3 Å². The largest absolute Gasteiger partial charge is 0.299 e. The smallest absolute Gasteiger partial charge is 0.264 e. The molecule has 5 atom stereocenters. The third-order valence-electron chi connectivity index (χ3n) is 3.76. The molecule has 0 spiro atoms. The van der Waals surface area contributed by atoms with Gasteiger partial charge in [0, 0.05) is 17.8 Å². The van der Waals surface area contributed by atoms with Crippen LogP contribution >= 0.6 is 0 Å². The monoisotopic (exact) mass is 228 g/mol. The molecule has 3 aliphatic rings. The lowest BCUT2D eigenvalue weighted by Crippen LogP contribution is -2.24. The van der Waals surface area contributed by atoms with Crippen molar-refractivity contribution in [2.75, 3.05) is 6.26 Å². The van der Waals surface area contributed by atoms with E-state index in [9.17, 15) is 13.2 Å². The first-order valence-electron chi connectivity index (χ1n) is 5.08. The maximum atomic E-state index is 11.8. The first-order valence-corrected chi connectivity index (χ1v) is 6.89. The van der Waals surface area contributed by atoms with Gasteiger partial charge < -0.3 is 0 Å². The summed E-state index contributed by atoms with van der Waals surface area (Å²) in [5.74, 6) is 0.315. The standard InChI is InChI=1S/C10H12O4S/c1-15(12,13)14-10-7-4-5-2-3-6(8(5)10)9(7)11/h2-3,5-8,10H,4H2,1H3/t5-,6-,7-,8-,10+/m1/s1. The number of hydrogen-bond donors (Lipinski definition) is 0. The normalized spacial score (nSPS) is 46.7. The highest BCUT2D eigenvalue weighted by Gasteiger charge is 2.61. The summed E-state index contributed by atoms with van der Waals surface area (Å²) in [5, 5.41) is 0. The van der Waals surface area contributed by atoms with Gasteiger partial charge in [-0.25, -0.2) is 0 Å². The lowest BCUT2D eigenvalue weighted by molar-refractivity contribution is -0.124. The predicted octanol–water partition coefficient (Wildman–Crippen LogP) is 0.352. The van der Waals surface area contributed by atoms with E-state index in [0.29, 0.717) is 5.92 Å². The Labute approximate surface area is 88.4 Å². The fourth-order valence-electron chi connectivity index (χ4n) is 3.31. The molecule has 4 nitrogen and oxygen atoms in total. The SMILES string of the molecule is CS(=O)(=O)O[C@@H]1[C@@H]2[C@@H]3C=C[C@H]2C(=O)[C@H]1C3. The summed E-state index contributed by atoms with van der Waals surface area (Å²) in [6, 6.07) is 0. The lowest BCUT2D eigenvalue weighted by atomic mass is 9.86. The highest BCUT2D eigenvalue weighted by molar-refractivity contribution is 7.86. The van der Waals surface area contributed by atoms with E-state index in [4.69, 9.17) is 4.18 Å². The highest BCUT2D eigenvalue weighted by atomic mass is 32.2. The van der Waals surface area contributed by atoms with Crippen LogP contribution in [0, 0.1) is 23.7 Å². The number of rotatable bonds is 2. The summed E-state index contributed by atoms with van der Waals surface area (Å²) in [5.41, 5.74) is 0. The Morgan fingerprint density at radius 2 is 2.13 bits per heavy atom. The van der Waals surface area contributed by atoms with Crippen LogP contribution in [-0.4, -0.2) is 26.6 Å². The molecule has 0 heterocycles. The van der Waals surface area contributed by atoms with Crippen LogP contribution in [0.4, 0.5) is 0 Å². The Morgan fingerprint density at radius 1 is 1.40 bits per heavy atom.